The average Bonchev–Trinajstić information content (AvgIpc) is 3.20. The number of fused-ring (bicyclic) bond motifs is 1. The van der Waals surface area contributed by atoms with Gasteiger partial charge in [-0.15, -0.1) is 5.10 Å². The Morgan fingerprint density at radius 1 is 1.00 bits per heavy atom. The lowest BCUT2D eigenvalue weighted by Gasteiger charge is -2.08. The van der Waals surface area contributed by atoms with Gasteiger partial charge in [-0.25, -0.2) is 4.98 Å². The van der Waals surface area contributed by atoms with Gasteiger partial charge in [0.2, 0.25) is 5.16 Å². The second-order valence-corrected chi connectivity index (χ2v) is 7.03. The van der Waals surface area contributed by atoms with E-state index in [4.69, 9.17) is 4.74 Å². The van der Waals surface area contributed by atoms with Gasteiger partial charge in [-0.3, -0.25) is 4.79 Å². The molecule has 7 nitrogen and oxygen atoms in total. The molecule has 0 unspecified atom stereocenters. The molecule has 0 aliphatic rings. The first-order chi connectivity index (χ1) is 14.2. The van der Waals surface area contributed by atoms with Crippen molar-refractivity contribution in [2.24, 2.45) is 0 Å². The number of rotatable bonds is 6. The van der Waals surface area contributed by atoms with Crippen molar-refractivity contribution in [2.45, 2.75) is 5.16 Å². The van der Waals surface area contributed by atoms with E-state index >= 15 is 0 Å². The van der Waals surface area contributed by atoms with Gasteiger partial charge in [0.05, 0.1) is 31.4 Å². The zero-order chi connectivity index (χ0) is 20.2. The molecule has 2 heterocycles. The Labute approximate surface area is 171 Å². The molecule has 0 spiro atoms. The quantitative estimate of drug-likeness (QED) is 0.357. The van der Waals surface area contributed by atoms with Gasteiger partial charge in [0, 0.05) is 11.1 Å². The smallest absolute Gasteiger partial charge is 0.316 e. The number of aromatic nitrogens is 4. The third-order valence-corrected chi connectivity index (χ3v) is 5.11. The van der Waals surface area contributed by atoms with Crippen LogP contribution in [0.2, 0.25) is 0 Å². The summed E-state index contributed by atoms with van der Waals surface area (Å²) in [6.07, 6.45) is 0. The summed E-state index contributed by atoms with van der Waals surface area (Å²) in [6.45, 7) is 0. The molecule has 0 bridgehead atoms. The number of nitrogens with zero attached hydrogens (tertiary/aromatic N) is 4. The predicted molar refractivity (Wildman–Crippen MR) is 111 cm³/mol. The molecule has 8 heteroatoms. The highest BCUT2D eigenvalue weighted by Gasteiger charge is 2.15. The lowest BCUT2D eigenvalue weighted by atomic mass is 10.1. The summed E-state index contributed by atoms with van der Waals surface area (Å²) in [4.78, 5) is 20.6. The summed E-state index contributed by atoms with van der Waals surface area (Å²) in [7, 11) is 2.99. The number of thioether (sulfide) groups is 1. The number of hydrogen-bond donors (Lipinski definition) is 0. The maximum atomic E-state index is 11.5. The molecule has 2 aromatic carbocycles. The van der Waals surface area contributed by atoms with Crippen molar-refractivity contribution in [3.05, 3.63) is 60.7 Å². The molecule has 146 valence electrons. The fraction of sp³-hybridized carbons (Fsp3) is 0.143. The minimum absolute atomic E-state index is 0.136. The SMILES string of the molecule is COC(=O)CSc1nc2nc(-c3ccccc3)cc(-c3ccc(OC)cc3)n2n1. The van der Waals surface area contributed by atoms with Crippen molar-refractivity contribution in [3.8, 4) is 28.3 Å². The summed E-state index contributed by atoms with van der Waals surface area (Å²) in [6, 6.07) is 19.6. The molecular formula is C21H18N4O3S. The molecule has 0 saturated heterocycles. The number of ether oxygens (including phenoxy) is 2. The van der Waals surface area contributed by atoms with E-state index in [1.807, 2.05) is 60.7 Å². The van der Waals surface area contributed by atoms with Crippen LogP contribution in [0, 0.1) is 0 Å². The van der Waals surface area contributed by atoms with Gasteiger partial charge in [0.1, 0.15) is 5.75 Å². The van der Waals surface area contributed by atoms with E-state index < -0.39 is 0 Å². The molecule has 0 saturated carbocycles. The first kappa shape index (κ1) is 18.9. The minimum atomic E-state index is -0.331. The highest BCUT2D eigenvalue weighted by atomic mass is 32.2. The predicted octanol–water partition coefficient (Wildman–Crippen LogP) is 3.73. The summed E-state index contributed by atoms with van der Waals surface area (Å²) >= 11 is 1.21. The summed E-state index contributed by atoms with van der Waals surface area (Å²) in [5.74, 6) is 1.04. The van der Waals surface area contributed by atoms with Gasteiger partial charge in [0.15, 0.2) is 0 Å². The Bertz CT molecular complexity index is 1140. The molecule has 0 radical (unpaired) electrons. The first-order valence-corrected chi connectivity index (χ1v) is 9.84. The zero-order valence-corrected chi connectivity index (χ0v) is 16.7. The summed E-state index contributed by atoms with van der Waals surface area (Å²) < 4.78 is 11.6. The van der Waals surface area contributed by atoms with Gasteiger partial charge < -0.3 is 9.47 Å². The first-order valence-electron chi connectivity index (χ1n) is 8.85. The van der Waals surface area contributed by atoms with E-state index in [0.29, 0.717) is 10.9 Å². The Hall–Kier alpha value is -3.39. The van der Waals surface area contributed by atoms with E-state index in [9.17, 15) is 4.79 Å². The van der Waals surface area contributed by atoms with Crippen LogP contribution in [0.15, 0.2) is 65.8 Å². The van der Waals surface area contributed by atoms with E-state index in [2.05, 4.69) is 19.8 Å². The number of carbonyl (C=O) groups is 1. The summed E-state index contributed by atoms with van der Waals surface area (Å²) in [5, 5.41) is 5.00. The number of benzene rings is 2. The van der Waals surface area contributed by atoms with Crippen molar-refractivity contribution in [3.63, 3.8) is 0 Å². The van der Waals surface area contributed by atoms with E-state index in [1.165, 1.54) is 18.9 Å². The molecule has 4 aromatic rings. The van der Waals surface area contributed by atoms with Gasteiger partial charge in [-0.05, 0) is 30.3 Å². The van der Waals surface area contributed by atoms with Crippen LogP contribution < -0.4 is 4.74 Å². The summed E-state index contributed by atoms with van der Waals surface area (Å²) in [5.41, 5.74) is 3.57. The van der Waals surface area contributed by atoms with Crippen LogP contribution in [-0.4, -0.2) is 45.5 Å². The molecule has 0 N–H and O–H groups in total. The molecule has 0 amide bonds. The van der Waals surface area contributed by atoms with Crippen LogP contribution in [0.5, 0.6) is 5.75 Å². The average molecular weight is 406 g/mol. The molecule has 0 aliphatic heterocycles. The van der Waals surface area contributed by atoms with Crippen molar-refractivity contribution in [2.75, 3.05) is 20.0 Å². The van der Waals surface area contributed by atoms with Gasteiger partial charge in [0.25, 0.3) is 5.78 Å². The number of carbonyl (C=O) groups excluding carboxylic acids is 1. The van der Waals surface area contributed by atoms with Gasteiger partial charge >= 0.3 is 5.97 Å². The Kier molecular flexibility index (Phi) is 5.44. The molecule has 0 atom stereocenters. The lowest BCUT2D eigenvalue weighted by Crippen LogP contribution is -2.03. The van der Waals surface area contributed by atoms with Crippen LogP contribution in [0.3, 0.4) is 0 Å². The number of hydrogen-bond acceptors (Lipinski definition) is 7. The fourth-order valence-electron chi connectivity index (χ4n) is 2.82. The second-order valence-electron chi connectivity index (χ2n) is 6.09. The van der Waals surface area contributed by atoms with Crippen molar-refractivity contribution in [1.82, 2.24) is 19.6 Å². The molecule has 0 fully saturated rings. The largest absolute Gasteiger partial charge is 0.497 e. The molecular weight excluding hydrogens is 388 g/mol. The normalized spacial score (nSPS) is 10.8. The van der Waals surface area contributed by atoms with Gasteiger partial charge in [-0.1, -0.05) is 42.1 Å². The Morgan fingerprint density at radius 2 is 1.76 bits per heavy atom. The molecule has 29 heavy (non-hydrogen) atoms. The Balaban J connectivity index is 1.83. The third-order valence-electron chi connectivity index (χ3n) is 4.29. The number of esters is 1. The van der Waals surface area contributed by atoms with Crippen molar-refractivity contribution >= 4 is 23.5 Å². The highest BCUT2D eigenvalue weighted by molar-refractivity contribution is 7.99. The second kappa shape index (κ2) is 8.32. The Morgan fingerprint density at radius 3 is 2.45 bits per heavy atom. The fourth-order valence-corrected chi connectivity index (χ4v) is 3.47. The highest BCUT2D eigenvalue weighted by Crippen LogP contribution is 2.28. The van der Waals surface area contributed by atoms with Crippen LogP contribution >= 0.6 is 11.8 Å². The minimum Gasteiger partial charge on any atom is -0.497 e. The third kappa shape index (κ3) is 4.07. The van der Waals surface area contributed by atoms with Crippen LogP contribution in [0.1, 0.15) is 0 Å². The van der Waals surface area contributed by atoms with Gasteiger partial charge in [-0.2, -0.15) is 9.50 Å². The van der Waals surface area contributed by atoms with Crippen LogP contribution in [-0.2, 0) is 9.53 Å². The maximum absolute atomic E-state index is 11.5. The van der Waals surface area contributed by atoms with Crippen molar-refractivity contribution in [1.29, 1.82) is 0 Å². The topological polar surface area (TPSA) is 78.6 Å². The van der Waals surface area contributed by atoms with Crippen LogP contribution in [0.25, 0.3) is 28.3 Å². The molecule has 2 aromatic heterocycles. The molecule has 0 aliphatic carbocycles. The zero-order valence-electron chi connectivity index (χ0n) is 15.9. The lowest BCUT2D eigenvalue weighted by molar-refractivity contribution is -0.137. The number of methoxy groups -OCH3 is 2. The van der Waals surface area contributed by atoms with E-state index in [-0.39, 0.29) is 11.7 Å². The van der Waals surface area contributed by atoms with Crippen molar-refractivity contribution < 1.29 is 14.3 Å². The maximum Gasteiger partial charge on any atom is 0.316 e. The van der Waals surface area contributed by atoms with Crippen LogP contribution in [0.4, 0.5) is 0 Å². The van der Waals surface area contributed by atoms with E-state index in [0.717, 1.165) is 28.3 Å². The monoisotopic (exact) mass is 406 g/mol. The molecule has 4 rings (SSSR count). The van der Waals surface area contributed by atoms with E-state index in [1.54, 1.807) is 11.6 Å². The standard InChI is InChI=1S/C21H18N4O3S/c1-27-16-10-8-15(9-11-16)18-12-17(14-6-4-3-5-7-14)22-20-23-21(24-25(18)20)29-13-19(26)28-2/h3-12H,13H2,1-2H3.